The molecule has 0 spiro atoms. The van der Waals surface area contributed by atoms with Crippen molar-refractivity contribution in [2.45, 2.75) is 26.0 Å². The van der Waals surface area contributed by atoms with Gasteiger partial charge in [-0.05, 0) is 49.4 Å². The predicted molar refractivity (Wildman–Crippen MR) is 141 cm³/mol. The van der Waals surface area contributed by atoms with Crippen molar-refractivity contribution in [1.82, 2.24) is 9.80 Å². The lowest BCUT2D eigenvalue weighted by Gasteiger charge is -2.38. The van der Waals surface area contributed by atoms with Crippen LogP contribution in [0.25, 0.3) is 0 Å². The normalized spacial score (nSPS) is 18.5. The molecule has 0 fully saturated rings. The van der Waals surface area contributed by atoms with Gasteiger partial charge in [0.1, 0.15) is 17.6 Å². The number of fused-ring (bicyclic) bond motifs is 1. The van der Waals surface area contributed by atoms with E-state index in [4.69, 9.17) is 9.47 Å². The van der Waals surface area contributed by atoms with Crippen molar-refractivity contribution < 1.29 is 32.6 Å². The number of ether oxygens (including phenoxy) is 2. The first kappa shape index (κ1) is 28.1. The summed E-state index contributed by atoms with van der Waals surface area (Å²) in [6.45, 7) is 3.87. The first-order valence-electron chi connectivity index (χ1n) is 11.8. The molecule has 3 N–H and O–H groups in total. The Morgan fingerprint density at radius 1 is 1.24 bits per heavy atom. The zero-order valence-electron chi connectivity index (χ0n) is 21.6. The van der Waals surface area contributed by atoms with Gasteiger partial charge >= 0.3 is 6.03 Å². The van der Waals surface area contributed by atoms with E-state index in [0.717, 1.165) is 6.26 Å². The molecule has 2 aromatic carbocycles. The molecule has 0 saturated carbocycles. The van der Waals surface area contributed by atoms with Gasteiger partial charge in [0.15, 0.2) is 0 Å². The zero-order chi connectivity index (χ0) is 27.3. The standard InChI is InChI=1S/C25H34N4O7S/c1-16-13-29(17(2)15-30)24(31)21-12-19(27-37(5,33)34)8-11-22(21)36-23(16)14-28(3)25(32)26-18-6-9-20(35-4)10-7-18/h6-12,16-17,23,27,30H,13-15H2,1-5H3,(H,26,32)/t16-,17-,23+/m1/s1. The number of benzene rings is 2. The number of methoxy groups -OCH3 is 1. The predicted octanol–water partition coefficient (Wildman–Crippen LogP) is 2.45. The Morgan fingerprint density at radius 3 is 2.49 bits per heavy atom. The van der Waals surface area contributed by atoms with Crippen LogP contribution in [0.4, 0.5) is 16.2 Å². The van der Waals surface area contributed by atoms with E-state index in [1.54, 1.807) is 50.2 Å². The molecule has 0 aliphatic carbocycles. The highest BCUT2D eigenvalue weighted by Crippen LogP contribution is 2.31. The van der Waals surface area contributed by atoms with Crippen molar-refractivity contribution in [2.75, 3.05) is 50.1 Å². The van der Waals surface area contributed by atoms with Gasteiger partial charge in [-0.3, -0.25) is 9.52 Å². The van der Waals surface area contributed by atoms with Crippen LogP contribution in [0.1, 0.15) is 24.2 Å². The third-order valence-corrected chi connectivity index (χ3v) is 6.72. The second-order valence-corrected chi connectivity index (χ2v) is 11.0. The number of hydrogen-bond donors (Lipinski definition) is 3. The Kier molecular flexibility index (Phi) is 8.87. The van der Waals surface area contributed by atoms with Crippen LogP contribution < -0.4 is 19.5 Å². The van der Waals surface area contributed by atoms with E-state index in [0.29, 0.717) is 11.4 Å². The van der Waals surface area contributed by atoms with Crippen LogP contribution in [-0.2, 0) is 10.0 Å². The second kappa shape index (κ2) is 11.7. The average Bonchev–Trinajstić information content (AvgIpc) is 2.85. The highest BCUT2D eigenvalue weighted by Gasteiger charge is 2.34. The molecule has 0 bridgehead atoms. The van der Waals surface area contributed by atoms with Crippen molar-refractivity contribution >= 4 is 33.3 Å². The Bertz CT molecular complexity index is 1220. The summed E-state index contributed by atoms with van der Waals surface area (Å²) in [7, 11) is -0.351. The third-order valence-electron chi connectivity index (χ3n) is 6.11. The Hall–Kier alpha value is -3.51. The smallest absolute Gasteiger partial charge is 0.321 e. The van der Waals surface area contributed by atoms with Crippen molar-refractivity contribution in [2.24, 2.45) is 5.92 Å². The maximum absolute atomic E-state index is 13.4. The largest absolute Gasteiger partial charge is 0.497 e. The van der Waals surface area contributed by atoms with Crippen molar-refractivity contribution in [3.8, 4) is 11.5 Å². The molecule has 0 radical (unpaired) electrons. The van der Waals surface area contributed by atoms with Crippen molar-refractivity contribution in [1.29, 1.82) is 0 Å². The topological polar surface area (TPSA) is 138 Å². The van der Waals surface area contributed by atoms with Gasteiger partial charge in [-0.25, -0.2) is 13.2 Å². The Morgan fingerprint density at radius 2 is 1.89 bits per heavy atom. The van der Waals surface area contributed by atoms with E-state index in [-0.39, 0.29) is 54.6 Å². The first-order chi connectivity index (χ1) is 17.4. The summed E-state index contributed by atoms with van der Waals surface area (Å²) in [6, 6.07) is 10.6. The minimum Gasteiger partial charge on any atom is -0.497 e. The van der Waals surface area contributed by atoms with Gasteiger partial charge in [0.25, 0.3) is 5.91 Å². The first-order valence-corrected chi connectivity index (χ1v) is 13.7. The molecule has 0 unspecified atom stereocenters. The SMILES string of the molecule is COc1ccc(NC(=O)N(C)C[C@@H]2Oc3ccc(NS(C)(=O)=O)cc3C(=O)N([C@H](C)CO)C[C@H]2C)cc1. The number of nitrogens with one attached hydrogen (secondary N) is 2. The number of urea groups is 1. The molecular formula is C25H34N4O7S. The summed E-state index contributed by atoms with van der Waals surface area (Å²) in [5.41, 5.74) is 0.987. The lowest BCUT2D eigenvalue weighted by Crippen LogP contribution is -2.50. The zero-order valence-corrected chi connectivity index (χ0v) is 22.4. The van der Waals surface area contributed by atoms with Crippen LogP contribution in [0, 0.1) is 5.92 Å². The lowest BCUT2D eigenvalue weighted by atomic mass is 9.99. The van der Waals surface area contributed by atoms with E-state index in [9.17, 15) is 23.1 Å². The lowest BCUT2D eigenvalue weighted by molar-refractivity contribution is 0.0371. The monoisotopic (exact) mass is 534 g/mol. The number of hydrogen-bond acceptors (Lipinski definition) is 7. The maximum atomic E-state index is 13.4. The summed E-state index contributed by atoms with van der Waals surface area (Å²) in [5.74, 6) is 0.355. The number of rotatable bonds is 8. The number of anilines is 2. The van der Waals surface area contributed by atoms with Crippen LogP contribution in [0.15, 0.2) is 42.5 Å². The molecular weight excluding hydrogens is 500 g/mol. The van der Waals surface area contributed by atoms with Gasteiger partial charge in [-0.15, -0.1) is 0 Å². The molecule has 2 aromatic rings. The molecule has 1 aliphatic heterocycles. The van der Waals surface area contributed by atoms with E-state index in [1.165, 1.54) is 23.1 Å². The molecule has 3 rings (SSSR count). The molecule has 37 heavy (non-hydrogen) atoms. The maximum Gasteiger partial charge on any atom is 0.321 e. The average molecular weight is 535 g/mol. The minimum absolute atomic E-state index is 0.163. The number of carbonyl (C=O) groups excluding carboxylic acids is 2. The highest BCUT2D eigenvalue weighted by molar-refractivity contribution is 7.92. The fraction of sp³-hybridized carbons (Fsp3) is 0.440. The number of amides is 3. The van der Waals surface area contributed by atoms with Crippen LogP contribution in [0.5, 0.6) is 11.5 Å². The summed E-state index contributed by atoms with van der Waals surface area (Å²) in [4.78, 5) is 29.3. The van der Waals surface area contributed by atoms with Gasteiger partial charge in [-0.2, -0.15) is 0 Å². The van der Waals surface area contributed by atoms with Crippen LogP contribution in [0.3, 0.4) is 0 Å². The summed E-state index contributed by atoms with van der Waals surface area (Å²) >= 11 is 0. The van der Waals surface area contributed by atoms with Crippen molar-refractivity contribution in [3.05, 3.63) is 48.0 Å². The number of sulfonamides is 1. The summed E-state index contributed by atoms with van der Waals surface area (Å²) < 4.78 is 37.2. The Balaban J connectivity index is 1.86. The summed E-state index contributed by atoms with van der Waals surface area (Å²) in [5, 5.41) is 12.6. The number of nitrogens with zero attached hydrogens (tertiary/aromatic N) is 2. The molecule has 1 heterocycles. The van der Waals surface area contributed by atoms with Gasteiger partial charge in [0.05, 0.1) is 38.1 Å². The van der Waals surface area contributed by atoms with E-state index < -0.39 is 22.2 Å². The molecule has 11 nitrogen and oxygen atoms in total. The van der Waals surface area contributed by atoms with Gasteiger partial charge in [0, 0.05) is 30.9 Å². The van der Waals surface area contributed by atoms with E-state index in [2.05, 4.69) is 10.0 Å². The number of likely N-dealkylation sites (N-methyl/N-ethyl adjacent to an activating group) is 1. The molecule has 3 atom stereocenters. The third kappa shape index (κ3) is 7.26. The molecule has 0 saturated heterocycles. The van der Waals surface area contributed by atoms with Crippen LogP contribution >= 0.6 is 0 Å². The molecule has 3 amide bonds. The minimum atomic E-state index is -3.56. The number of carbonyl (C=O) groups is 2. The summed E-state index contributed by atoms with van der Waals surface area (Å²) in [6.07, 6.45) is 0.521. The van der Waals surface area contributed by atoms with Gasteiger partial charge in [0.2, 0.25) is 10.0 Å². The molecule has 0 aromatic heterocycles. The fourth-order valence-electron chi connectivity index (χ4n) is 3.96. The van der Waals surface area contributed by atoms with E-state index in [1.807, 2.05) is 6.92 Å². The number of aliphatic hydroxyl groups is 1. The van der Waals surface area contributed by atoms with Gasteiger partial charge < -0.3 is 29.7 Å². The molecule has 1 aliphatic rings. The quantitative estimate of drug-likeness (QED) is 0.473. The van der Waals surface area contributed by atoms with Crippen LogP contribution in [-0.4, -0.2) is 87.5 Å². The highest BCUT2D eigenvalue weighted by atomic mass is 32.2. The molecule has 12 heteroatoms. The number of aliphatic hydroxyl groups excluding tert-OH is 1. The molecule has 202 valence electrons. The Labute approximate surface area is 217 Å². The fourth-order valence-corrected chi connectivity index (χ4v) is 4.52. The van der Waals surface area contributed by atoms with Crippen LogP contribution in [0.2, 0.25) is 0 Å². The van der Waals surface area contributed by atoms with E-state index >= 15 is 0 Å². The second-order valence-electron chi connectivity index (χ2n) is 9.25. The van der Waals surface area contributed by atoms with Crippen molar-refractivity contribution in [3.63, 3.8) is 0 Å². The van der Waals surface area contributed by atoms with Gasteiger partial charge in [-0.1, -0.05) is 6.92 Å².